The summed E-state index contributed by atoms with van der Waals surface area (Å²) in [4.78, 5) is 9.01. The molecule has 1 aromatic carbocycles. The second kappa shape index (κ2) is 4.83. The van der Waals surface area contributed by atoms with Crippen molar-refractivity contribution in [1.82, 2.24) is 14.3 Å². The third kappa shape index (κ3) is 2.25. The maximum Gasteiger partial charge on any atom is 0.202 e. The SMILES string of the molecule is c1ccc2c(CNc3nc(C4CC4)ns3)nccc2c1. The highest BCUT2D eigenvalue weighted by molar-refractivity contribution is 7.09. The minimum absolute atomic E-state index is 0.609. The third-order valence-electron chi connectivity index (χ3n) is 3.55. The minimum Gasteiger partial charge on any atom is -0.355 e. The van der Waals surface area contributed by atoms with Gasteiger partial charge in [0.25, 0.3) is 0 Å². The lowest BCUT2D eigenvalue weighted by atomic mass is 10.1. The molecule has 1 N–H and O–H groups in total. The van der Waals surface area contributed by atoms with Crippen molar-refractivity contribution < 1.29 is 0 Å². The summed E-state index contributed by atoms with van der Waals surface area (Å²) in [6, 6.07) is 10.3. The fourth-order valence-electron chi connectivity index (χ4n) is 2.30. The monoisotopic (exact) mass is 282 g/mol. The van der Waals surface area contributed by atoms with Gasteiger partial charge in [0, 0.05) is 29.0 Å². The lowest BCUT2D eigenvalue weighted by Crippen LogP contribution is -2.02. The Kier molecular flexibility index (Phi) is 2.85. The largest absolute Gasteiger partial charge is 0.355 e. The molecule has 0 atom stereocenters. The van der Waals surface area contributed by atoms with Crippen LogP contribution in [0, 0.1) is 0 Å². The van der Waals surface area contributed by atoms with Crippen LogP contribution in [0.25, 0.3) is 10.8 Å². The van der Waals surface area contributed by atoms with Gasteiger partial charge in [0.2, 0.25) is 5.13 Å². The zero-order chi connectivity index (χ0) is 13.4. The van der Waals surface area contributed by atoms with Gasteiger partial charge in [0.05, 0.1) is 12.2 Å². The minimum atomic E-state index is 0.609. The van der Waals surface area contributed by atoms with E-state index < -0.39 is 0 Å². The topological polar surface area (TPSA) is 50.7 Å². The Morgan fingerprint density at radius 3 is 3.00 bits per heavy atom. The highest BCUT2D eigenvalue weighted by Gasteiger charge is 2.27. The molecular weight excluding hydrogens is 268 g/mol. The van der Waals surface area contributed by atoms with E-state index in [1.54, 1.807) is 0 Å². The highest BCUT2D eigenvalue weighted by Crippen LogP contribution is 2.39. The molecule has 0 amide bonds. The van der Waals surface area contributed by atoms with Crippen molar-refractivity contribution in [2.24, 2.45) is 0 Å². The lowest BCUT2D eigenvalue weighted by molar-refractivity contribution is 0.976. The van der Waals surface area contributed by atoms with Crippen molar-refractivity contribution in [3.8, 4) is 0 Å². The van der Waals surface area contributed by atoms with Gasteiger partial charge in [-0.25, -0.2) is 4.98 Å². The fourth-order valence-corrected chi connectivity index (χ4v) is 2.94. The Labute approximate surface area is 121 Å². The molecule has 0 spiro atoms. The number of rotatable bonds is 4. The van der Waals surface area contributed by atoms with Gasteiger partial charge in [-0.05, 0) is 24.3 Å². The number of hydrogen-bond acceptors (Lipinski definition) is 5. The molecule has 20 heavy (non-hydrogen) atoms. The molecule has 1 saturated carbocycles. The Balaban J connectivity index is 1.54. The van der Waals surface area contributed by atoms with Crippen LogP contribution < -0.4 is 5.32 Å². The van der Waals surface area contributed by atoms with E-state index in [2.05, 4.69) is 31.8 Å². The van der Waals surface area contributed by atoms with Crippen LogP contribution in [0.3, 0.4) is 0 Å². The number of nitrogens with one attached hydrogen (secondary N) is 1. The molecule has 4 rings (SSSR count). The average Bonchev–Trinajstić information content (AvgIpc) is 3.24. The van der Waals surface area contributed by atoms with E-state index >= 15 is 0 Å². The number of nitrogens with zero attached hydrogens (tertiary/aromatic N) is 3. The lowest BCUT2D eigenvalue weighted by Gasteiger charge is -2.05. The number of hydrogen-bond donors (Lipinski definition) is 1. The van der Waals surface area contributed by atoms with E-state index in [4.69, 9.17) is 0 Å². The van der Waals surface area contributed by atoms with Crippen LogP contribution in [0.15, 0.2) is 36.5 Å². The van der Waals surface area contributed by atoms with Crippen LogP contribution >= 0.6 is 11.5 Å². The zero-order valence-electron chi connectivity index (χ0n) is 10.9. The van der Waals surface area contributed by atoms with E-state index in [0.717, 1.165) is 16.6 Å². The number of fused-ring (bicyclic) bond motifs is 1. The van der Waals surface area contributed by atoms with Crippen molar-refractivity contribution in [3.05, 3.63) is 48.0 Å². The molecule has 2 aromatic heterocycles. The second-order valence-electron chi connectivity index (χ2n) is 5.06. The van der Waals surface area contributed by atoms with E-state index in [1.165, 1.54) is 35.1 Å². The molecular formula is C15H14N4S. The van der Waals surface area contributed by atoms with Crippen LogP contribution in [-0.2, 0) is 6.54 Å². The predicted molar refractivity (Wildman–Crippen MR) is 81.0 cm³/mol. The second-order valence-corrected chi connectivity index (χ2v) is 5.82. The van der Waals surface area contributed by atoms with Crippen molar-refractivity contribution in [2.45, 2.75) is 25.3 Å². The first-order chi connectivity index (χ1) is 9.90. The number of anilines is 1. The van der Waals surface area contributed by atoms with Crippen LogP contribution in [0.1, 0.15) is 30.3 Å². The van der Waals surface area contributed by atoms with Gasteiger partial charge in [-0.1, -0.05) is 24.3 Å². The molecule has 0 unspecified atom stereocenters. The quantitative estimate of drug-likeness (QED) is 0.794. The van der Waals surface area contributed by atoms with Crippen molar-refractivity contribution in [1.29, 1.82) is 0 Å². The maximum atomic E-state index is 4.54. The van der Waals surface area contributed by atoms with Crippen molar-refractivity contribution >= 4 is 27.4 Å². The zero-order valence-corrected chi connectivity index (χ0v) is 11.7. The average molecular weight is 282 g/mol. The summed E-state index contributed by atoms with van der Waals surface area (Å²) in [5.41, 5.74) is 1.05. The Hall–Kier alpha value is -2.01. The summed E-state index contributed by atoms with van der Waals surface area (Å²) in [7, 11) is 0. The predicted octanol–water partition coefficient (Wildman–Crippen LogP) is 3.58. The molecule has 1 aliphatic carbocycles. The van der Waals surface area contributed by atoms with Gasteiger partial charge >= 0.3 is 0 Å². The molecule has 3 aromatic rings. The van der Waals surface area contributed by atoms with Crippen LogP contribution in [0.4, 0.5) is 5.13 Å². The molecule has 4 nitrogen and oxygen atoms in total. The van der Waals surface area contributed by atoms with E-state index in [1.807, 2.05) is 24.4 Å². The summed E-state index contributed by atoms with van der Waals surface area (Å²) in [6.45, 7) is 0.681. The van der Waals surface area contributed by atoms with Gasteiger partial charge < -0.3 is 5.32 Å². The normalized spacial score (nSPS) is 14.6. The van der Waals surface area contributed by atoms with Crippen molar-refractivity contribution in [2.75, 3.05) is 5.32 Å². The molecule has 100 valence electrons. The molecule has 0 radical (unpaired) electrons. The van der Waals surface area contributed by atoms with Gasteiger partial charge in [0.15, 0.2) is 0 Å². The van der Waals surface area contributed by atoms with Gasteiger partial charge in [-0.3, -0.25) is 4.98 Å². The molecule has 0 saturated heterocycles. The standard InChI is InChI=1S/C15H14N4S/c1-2-4-12-10(3-1)7-8-16-13(12)9-17-15-18-14(19-20-15)11-5-6-11/h1-4,7-8,11H,5-6,9H2,(H,17,18,19). The number of benzene rings is 1. The first-order valence-electron chi connectivity index (χ1n) is 6.80. The molecule has 5 heteroatoms. The fraction of sp³-hybridized carbons (Fsp3) is 0.267. The molecule has 0 aliphatic heterocycles. The van der Waals surface area contributed by atoms with Gasteiger partial charge in [0.1, 0.15) is 5.82 Å². The maximum absolute atomic E-state index is 4.54. The first kappa shape index (κ1) is 11.8. The number of pyridine rings is 1. The molecule has 0 bridgehead atoms. The molecule has 2 heterocycles. The van der Waals surface area contributed by atoms with Gasteiger partial charge in [-0.2, -0.15) is 4.37 Å². The van der Waals surface area contributed by atoms with Crippen molar-refractivity contribution in [3.63, 3.8) is 0 Å². The van der Waals surface area contributed by atoms with E-state index in [9.17, 15) is 0 Å². The smallest absolute Gasteiger partial charge is 0.202 e. The summed E-state index contributed by atoms with van der Waals surface area (Å²) < 4.78 is 4.40. The van der Waals surface area contributed by atoms with Crippen LogP contribution in [-0.4, -0.2) is 14.3 Å². The summed E-state index contributed by atoms with van der Waals surface area (Å²) in [6.07, 6.45) is 4.33. The van der Waals surface area contributed by atoms with Crippen LogP contribution in [0.2, 0.25) is 0 Å². The number of aromatic nitrogens is 3. The Bertz CT molecular complexity index is 743. The van der Waals surface area contributed by atoms with E-state index in [-0.39, 0.29) is 0 Å². The summed E-state index contributed by atoms with van der Waals surface area (Å²) in [5, 5.41) is 6.64. The first-order valence-corrected chi connectivity index (χ1v) is 7.57. The molecule has 1 aliphatic rings. The summed E-state index contributed by atoms with van der Waals surface area (Å²) >= 11 is 1.44. The summed E-state index contributed by atoms with van der Waals surface area (Å²) in [5.74, 6) is 1.61. The Morgan fingerprint density at radius 2 is 2.10 bits per heavy atom. The van der Waals surface area contributed by atoms with Gasteiger partial charge in [-0.15, -0.1) is 0 Å². The third-order valence-corrected chi connectivity index (χ3v) is 4.23. The molecule has 1 fully saturated rings. The van der Waals surface area contributed by atoms with Crippen LogP contribution in [0.5, 0.6) is 0 Å². The van der Waals surface area contributed by atoms with E-state index in [0.29, 0.717) is 12.5 Å². The highest BCUT2D eigenvalue weighted by atomic mass is 32.1. The Morgan fingerprint density at radius 1 is 1.20 bits per heavy atom.